The summed E-state index contributed by atoms with van der Waals surface area (Å²) in [5, 5.41) is 3.80. The molecule has 0 radical (unpaired) electrons. The monoisotopic (exact) mass is 526 g/mol. The van der Waals surface area contributed by atoms with Gasteiger partial charge in [0.2, 0.25) is 0 Å². The Morgan fingerprint density at radius 3 is 2.73 bits per heavy atom. The van der Waals surface area contributed by atoms with E-state index in [-0.39, 0.29) is 35.5 Å². The highest BCUT2D eigenvalue weighted by atomic mass is 127. The Morgan fingerprint density at radius 2 is 1.97 bits per heavy atom. The van der Waals surface area contributed by atoms with Gasteiger partial charge in [0.1, 0.15) is 0 Å². The summed E-state index contributed by atoms with van der Waals surface area (Å²) in [6, 6.07) is 11.6. The minimum absolute atomic E-state index is 0. The second kappa shape index (κ2) is 8.92. The van der Waals surface area contributed by atoms with E-state index in [4.69, 9.17) is 9.47 Å². The number of nitrogens with one attached hydrogen (secondary N) is 1. The number of fused-ring (bicyclic) bond motifs is 2. The predicted octanol–water partition coefficient (Wildman–Crippen LogP) is 2.58. The van der Waals surface area contributed by atoms with Gasteiger partial charge in [0.25, 0.3) is 0 Å². The van der Waals surface area contributed by atoms with Crippen molar-refractivity contribution in [3.8, 4) is 0 Å². The van der Waals surface area contributed by atoms with Crippen LogP contribution in [0.5, 0.6) is 0 Å². The van der Waals surface area contributed by atoms with Crippen LogP contribution in [0.1, 0.15) is 25.8 Å². The van der Waals surface area contributed by atoms with Gasteiger partial charge in [-0.25, -0.2) is 0 Å². The average molecular weight is 526 g/mol. The first-order valence-corrected chi connectivity index (χ1v) is 11.1. The van der Waals surface area contributed by atoms with Crippen LogP contribution in [0.15, 0.2) is 35.3 Å². The summed E-state index contributed by atoms with van der Waals surface area (Å²) in [6.07, 6.45) is 1.80. The number of ether oxygens (including phenoxy) is 2. The lowest BCUT2D eigenvalue weighted by Gasteiger charge is -2.55. The number of benzene rings is 1. The lowest BCUT2D eigenvalue weighted by molar-refractivity contribution is -0.107. The van der Waals surface area contributed by atoms with Crippen molar-refractivity contribution in [3.05, 3.63) is 35.9 Å². The zero-order chi connectivity index (χ0) is 20.0. The number of morpholine rings is 1. The zero-order valence-corrected chi connectivity index (χ0v) is 20.6. The lowest BCUT2D eigenvalue weighted by Crippen LogP contribution is -2.68. The molecule has 5 unspecified atom stereocenters. The Morgan fingerprint density at radius 1 is 1.17 bits per heavy atom. The second-order valence-corrected chi connectivity index (χ2v) is 9.57. The van der Waals surface area contributed by atoms with E-state index in [2.05, 4.69) is 64.3 Å². The van der Waals surface area contributed by atoms with Crippen LogP contribution >= 0.6 is 24.0 Å². The van der Waals surface area contributed by atoms with E-state index in [1.54, 1.807) is 0 Å². The fraction of sp³-hybridized carbons (Fsp3) is 0.696. The predicted molar refractivity (Wildman–Crippen MR) is 129 cm³/mol. The van der Waals surface area contributed by atoms with E-state index in [9.17, 15) is 0 Å². The van der Waals surface area contributed by atoms with Gasteiger partial charge in [-0.3, -0.25) is 9.89 Å². The third kappa shape index (κ3) is 3.87. The van der Waals surface area contributed by atoms with Gasteiger partial charge in [0, 0.05) is 57.2 Å². The van der Waals surface area contributed by atoms with Crippen molar-refractivity contribution >= 4 is 29.9 Å². The molecular formula is C23H35IN4O2. The van der Waals surface area contributed by atoms with Crippen molar-refractivity contribution in [1.29, 1.82) is 0 Å². The normalized spacial score (nSPS) is 35.2. The zero-order valence-electron chi connectivity index (χ0n) is 18.3. The van der Waals surface area contributed by atoms with E-state index in [0.717, 1.165) is 51.8 Å². The standard InChI is InChI=1S/C23H34N4O2.HI/c1-23(2)20(17-9-11-29-21(17)23)25-22(24-3)27-14-18-19(15-27)28-12-10-26(18)13-16-7-5-4-6-8-16;/h4-8,17-21H,9-15H2,1-3H3,(H,24,25);1H. The smallest absolute Gasteiger partial charge is 0.194 e. The molecule has 1 aromatic carbocycles. The fourth-order valence-corrected chi connectivity index (χ4v) is 6.00. The number of hydrogen-bond donors (Lipinski definition) is 1. The van der Waals surface area contributed by atoms with Gasteiger partial charge < -0.3 is 19.7 Å². The van der Waals surface area contributed by atoms with E-state index < -0.39 is 0 Å². The largest absolute Gasteiger partial charge is 0.377 e. The number of nitrogens with zero attached hydrogens (tertiary/aromatic N) is 3. The Labute approximate surface area is 197 Å². The molecule has 7 heteroatoms. The number of guanidine groups is 1. The number of hydrogen-bond acceptors (Lipinski definition) is 4. The molecule has 1 aromatic rings. The van der Waals surface area contributed by atoms with Crippen molar-refractivity contribution in [2.75, 3.05) is 39.9 Å². The molecule has 4 fully saturated rings. The Kier molecular flexibility index (Phi) is 6.63. The van der Waals surface area contributed by atoms with Crippen LogP contribution in [0.25, 0.3) is 0 Å². The Hall–Kier alpha value is -0.900. The highest BCUT2D eigenvalue weighted by Crippen LogP contribution is 2.52. The summed E-state index contributed by atoms with van der Waals surface area (Å²) in [7, 11) is 1.90. The van der Waals surface area contributed by atoms with Gasteiger partial charge in [0.15, 0.2) is 5.96 Å². The third-order valence-corrected chi connectivity index (χ3v) is 7.54. The highest BCUT2D eigenvalue weighted by molar-refractivity contribution is 14.0. The fourth-order valence-electron chi connectivity index (χ4n) is 6.00. The van der Waals surface area contributed by atoms with Crippen LogP contribution in [0.4, 0.5) is 0 Å². The van der Waals surface area contributed by atoms with Crippen molar-refractivity contribution in [1.82, 2.24) is 15.1 Å². The van der Waals surface area contributed by atoms with Crippen molar-refractivity contribution in [2.45, 2.75) is 51.1 Å². The molecule has 6 nitrogen and oxygen atoms in total. The first-order valence-electron chi connectivity index (χ1n) is 11.1. The van der Waals surface area contributed by atoms with Gasteiger partial charge in [-0.15, -0.1) is 24.0 Å². The molecule has 4 aliphatic rings. The maximum atomic E-state index is 6.16. The average Bonchev–Trinajstić information content (AvgIpc) is 3.36. The molecule has 1 N–H and O–H groups in total. The number of rotatable bonds is 3. The van der Waals surface area contributed by atoms with Crippen molar-refractivity contribution < 1.29 is 9.47 Å². The Balaban J connectivity index is 0.00000218. The molecular weight excluding hydrogens is 491 g/mol. The molecule has 0 spiro atoms. The molecule has 0 amide bonds. The summed E-state index contributed by atoms with van der Waals surface area (Å²) in [4.78, 5) is 9.64. The van der Waals surface area contributed by atoms with Gasteiger partial charge in [0.05, 0.1) is 24.9 Å². The Bertz CT molecular complexity index is 759. The summed E-state index contributed by atoms with van der Waals surface area (Å²) in [5.74, 6) is 1.63. The number of halogens is 1. The minimum Gasteiger partial charge on any atom is -0.377 e. The van der Waals surface area contributed by atoms with E-state index in [1.807, 2.05) is 7.05 Å². The molecule has 3 saturated heterocycles. The van der Waals surface area contributed by atoms with Crippen LogP contribution in [-0.2, 0) is 16.0 Å². The summed E-state index contributed by atoms with van der Waals surface area (Å²) >= 11 is 0. The SMILES string of the molecule is CN=C(NC1C2CCOC2C1(C)C)N1CC2OCCN(Cc3ccccc3)C2C1.I. The van der Waals surface area contributed by atoms with Crippen molar-refractivity contribution in [2.24, 2.45) is 16.3 Å². The summed E-state index contributed by atoms with van der Waals surface area (Å²) < 4.78 is 12.1. The van der Waals surface area contributed by atoms with E-state index in [0.29, 0.717) is 24.1 Å². The number of aliphatic imine (C=N–C) groups is 1. The number of likely N-dealkylation sites (tertiary alicyclic amines) is 1. The van der Waals surface area contributed by atoms with Gasteiger partial charge >= 0.3 is 0 Å². The topological polar surface area (TPSA) is 49.3 Å². The molecule has 5 rings (SSSR count). The molecule has 0 bridgehead atoms. The van der Waals surface area contributed by atoms with Crippen LogP contribution in [0.2, 0.25) is 0 Å². The molecule has 3 heterocycles. The summed E-state index contributed by atoms with van der Waals surface area (Å²) in [6.45, 7) is 10.2. The highest BCUT2D eigenvalue weighted by Gasteiger charge is 2.60. The van der Waals surface area contributed by atoms with E-state index in [1.165, 1.54) is 5.56 Å². The van der Waals surface area contributed by atoms with Crippen molar-refractivity contribution in [3.63, 3.8) is 0 Å². The lowest BCUT2D eigenvalue weighted by atomic mass is 9.57. The van der Waals surface area contributed by atoms with Gasteiger partial charge in [-0.1, -0.05) is 44.2 Å². The maximum absolute atomic E-state index is 6.16. The molecule has 5 atom stereocenters. The molecule has 166 valence electrons. The minimum atomic E-state index is 0. The molecule has 3 aliphatic heterocycles. The van der Waals surface area contributed by atoms with Crippen LogP contribution in [-0.4, -0.2) is 79.9 Å². The molecule has 1 aliphatic carbocycles. The molecule has 1 saturated carbocycles. The third-order valence-electron chi connectivity index (χ3n) is 7.54. The van der Waals surface area contributed by atoms with Gasteiger partial charge in [-0.2, -0.15) is 0 Å². The van der Waals surface area contributed by atoms with Crippen LogP contribution in [0, 0.1) is 11.3 Å². The first-order chi connectivity index (χ1) is 14.1. The quantitative estimate of drug-likeness (QED) is 0.373. The van der Waals surface area contributed by atoms with Crippen LogP contribution < -0.4 is 5.32 Å². The molecule has 30 heavy (non-hydrogen) atoms. The van der Waals surface area contributed by atoms with Gasteiger partial charge in [-0.05, 0) is 12.0 Å². The summed E-state index contributed by atoms with van der Waals surface area (Å²) in [5.41, 5.74) is 1.52. The van der Waals surface area contributed by atoms with Crippen LogP contribution in [0.3, 0.4) is 0 Å². The van der Waals surface area contributed by atoms with E-state index >= 15 is 0 Å². The second-order valence-electron chi connectivity index (χ2n) is 9.57. The molecule has 0 aromatic heterocycles. The first kappa shape index (κ1) is 22.3. The maximum Gasteiger partial charge on any atom is 0.194 e.